The van der Waals surface area contributed by atoms with Crippen LogP contribution in [0.1, 0.15) is 30.1 Å². The van der Waals surface area contributed by atoms with Gasteiger partial charge in [0.2, 0.25) is 5.91 Å². The van der Waals surface area contributed by atoms with E-state index in [0.29, 0.717) is 18.1 Å². The summed E-state index contributed by atoms with van der Waals surface area (Å²) < 4.78 is 13.0. The van der Waals surface area contributed by atoms with E-state index < -0.39 is 0 Å². The van der Waals surface area contributed by atoms with Crippen LogP contribution in [0.25, 0.3) is 0 Å². The molecular formula is C18H19ClFN3O. The molecule has 1 aromatic heterocycles. The Kier molecular flexibility index (Phi) is 5.11. The van der Waals surface area contributed by atoms with E-state index in [-0.39, 0.29) is 29.6 Å². The third-order valence-corrected chi connectivity index (χ3v) is 4.63. The smallest absolute Gasteiger partial charge is 0.225 e. The minimum atomic E-state index is -0.286. The standard InChI is InChI=1S/C18H19ClFN3O/c1-11(12-2-5-14(20)6-3-12)23-18(24)16-10-21-9-15(16)17-7-4-13(19)8-22-17/h2-8,11,15-16,21H,9-10H2,1H3,(H,23,24). The fourth-order valence-electron chi connectivity index (χ4n) is 3.03. The Bertz CT molecular complexity index is 705. The van der Waals surface area contributed by atoms with Gasteiger partial charge in [0.1, 0.15) is 5.82 Å². The van der Waals surface area contributed by atoms with Gasteiger partial charge in [0.25, 0.3) is 0 Å². The summed E-state index contributed by atoms with van der Waals surface area (Å²) >= 11 is 5.88. The molecular weight excluding hydrogens is 329 g/mol. The van der Waals surface area contributed by atoms with Gasteiger partial charge in [-0.05, 0) is 36.8 Å². The molecule has 3 rings (SSSR count). The number of nitrogens with one attached hydrogen (secondary N) is 2. The van der Waals surface area contributed by atoms with Crippen molar-refractivity contribution in [2.45, 2.75) is 18.9 Å². The second kappa shape index (κ2) is 7.28. The Labute approximate surface area is 145 Å². The minimum Gasteiger partial charge on any atom is -0.349 e. The van der Waals surface area contributed by atoms with E-state index in [0.717, 1.165) is 11.3 Å². The average Bonchev–Trinajstić information content (AvgIpc) is 3.06. The quantitative estimate of drug-likeness (QED) is 0.893. The van der Waals surface area contributed by atoms with Crippen molar-refractivity contribution in [3.8, 4) is 0 Å². The van der Waals surface area contributed by atoms with Crippen LogP contribution in [0.15, 0.2) is 42.6 Å². The van der Waals surface area contributed by atoms with Crippen molar-refractivity contribution < 1.29 is 9.18 Å². The Morgan fingerprint density at radius 3 is 2.71 bits per heavy atom. The van der Waals surface area contributed by atoms with Crippen LogP contribution in [0.5, 0.6) is 0 Å². The van der Waals surface area contributed by atoms with Gasteiger partial charge in [-0.15, -0.1) is 0 Å². The number of rotatable bonds is 4. The highest BCUT2D eigenvalue weighted by atomic mass is 35.5. The maximum Gasteiger partial charge on any atom is 0.225 e. The number of carbonyl (C=O) groups excluding carboxylic acids is 1. The fraction of sp³-hybridized carbons (Fsp3) is 0.333. The van der Waals surface area contributed by atoms with Gasteiger partial charge < -0.3 is 10.6 Å². The van der Waals surface area contributed by atoms with Crippen molar-refractivity contribution in [3.63, 3.8) is 0 Å². The number of benzene rings is 1. The fourth-order valence-corrected chi connectivity index (χ4v) is 3.14. The number of hydrogen-bond acceptors (Lipinski definition) is 3. The predicted molar refractivity (Wildman–Crippen MR) is 91.3 cm³/mol. The molecule has 1 amide bonds. The van der Waals surface area contributed by atoms with Crippen molar-refractivity contribution >= 4 is 17.5 Å². The Morgan fingerprint density at radius 1 is 1.29 bits per heavy atom. The van der Waals surface area contributed by atoms with E-state index in [9.17, 15) is 9.18 Å². The number of halogens is 2. The summed E-state index contributed by atoms with van der Waals surface area (Å²) in [6.45, 7) is 3.21. The van der Waals surface area contributed by atoms with Crippen molar-refractivity contribution in [1.82, 2.24) is 15.6 Å². The first-order valence-electron chi connectivity index (χ1n) is 7.92. The Balaban J connectivity index is 1.69. The molecule has 1 saturated heterocycles. The number of nitrogens with zero attached hydrogens (tertiary/aromatic N) is 1. The molecule has 1 aromatic carbocycles. The lowest BCUT2D eigenvalue weighted by molar-refractivity contribution is -0.125. The molecule has 0 saturated carbocycles. The van der Waals surface area contributed by atoms with Gasteiger partial charge in [0.15, 0.2) is 0 Å². The van der Waals surface area contributed by atoms with Crippen LogP contribution in [0.4, 0.5) is 4.39 Å². The zero-order valence-corrected chi connectivity index (χ0v) is 14.1. The maximum absolute atomic E-state index is 13.0. The highest BCUT2D eigenvalue weighted by molar-refractivity contribution is 6.30. The van der Waals surface area contributed by atoms with Crippen LogP contribution >= 0.6 is 11.6 Å². The molecule has 0 spiro atoms. The number of carbonyl (C=O) groups is 1. The second-order valence-electron chi connectivity index (χ2n) is 6.05. The normalized spacial score (nSPS) is 21.5. The lowest BCUT2D eigenvalue weighted by atomic mass is 9.91. The van der Waals surface area contributed by atoms with Gasteiger partial charge in [-0.1, -0.05) is 23.7 Å². The first kappa shape index (κ1) is 16.9. The molecule has 2 heterocycles. The van der Waals surface area contributed by atoms with Gasteiger partial charge in [-0.2, -0.15) is 0 Å². The highest BCUT2D eigenvalue weighted by Crippen LogP contribution is 2.28. The molecule has 3 unspecified atom stereocenters. The Hall–Kier alpha value is -1.98. The van der Waals surface area contributed by atoms with E-state index in [1.54, 1.807) is 24.4 Å². The number of amides is 1. The van der Waals surface area contributed by atoms with Gasteiger partial charge in [-0.25, -0.2) is 4.39 Å². The van der Waals surface area contributed by atoms with Crippen LogP contribution in [-0.4, -0.2) is 24.0 Å². The monoisotopic (exact) mass is 347 g/mol. The molecule has 2 aromatic rings. The number of aromatic nitrogens is 1. The highest BCUT2D eigenvalue weighted by Gasteiger charge is 2.35. The first-order chi connectivity index (χ1) is 11.5. The van der Waals surface area contributed by atoms with Crippen molar-refractivity contribution in [2.24, 2.45) is 5.92 Å². The lowest BCUT2D eigenvalue weighted by Crippen LogP contribution is -2.36. The topological polar surface area (TPSA) is 54.0 Å². The van der Waals surface area contributed by atoms with Crippen LogP contribution in [0, 0.1) is 11.7 Å². The average molecular weight is 348 g/mol. The zero-order chi connectivity index (χ0) is 17.1. The zero-order valence-electron chi connectivity index (χ0n) is 13.3. The third kappa shape index (κ3) is 3.74. The summed E-state index contributed by atoms with van der Waals surface area (Å²) in [5.41, 5.74) is 1.73. The van der Waals surface area contributed by atoms with Gasteiger partial charge in [0.05, 0.1) is 17.0 Å². The molecule has 0 radical (unpaired) electrons. The second-order valence-corrected chi connectivity index (χ2v) is 6.49. The molecule has 1 aliphatic heterocycles. The largest absolute Gasteiger partial charge is 0.349 e. The molecule has 24 heavy (non-hydrogen) atoms. The first-order valence-corrected chi connectivity index (χ1v) is 8.30. The van der Waals surface area contributed by atoms with Gasteiger partial charge in [-0.3, -0.25) is 9.78 Å². The van der Waals surface area contributed by atoms with Gasteiger partial charge in [0, 0.05) is 30.9 Å². The number of pyridine rings is 1. The summed E-state index contributed by atoms with van der Waals surface area (Å²) in [6.07, 6.45) is 1.60. The van der Waals surface area contributed by atoms with E-state index in [2.05, 4.69) is 15.6 Å². The molecule has 1 aliphatic rings. The maximum atomic E-state index is 13.0. The summed E-state index contributed by atoms with van der Waals surface area (Å²) in [7, 11) is 0. The van der Waals surface area contributed by atoms with E-state index in [1.807, 2.05) is 13.0 Å². The SMILES string of the molecule is CC(NC(=O)C1CNCC1c1ccc(Cl)cn1)c1ccc(F)cc1. The third-order valence-electron chi connectivity index (χ3n) is 4.41. The molecule has 126 valence electrons. The molecule has 1 fully saturated rings. The van der Waals surface area contributed by atoms with Crippen LogP contribution in [0.2, 0.25) is 5.02 Å². The molecule has 6 heteroatoms. The van der Waals surface area contributed by atoms with Crippen LogP contribution < -0.4 is 10.6 Å². The molecule has 2 N–H and O–H groups in total. The molecule has 0 bridgehead atoms. The van der Waals surface area contributed by atoms with Crippen molar-refractivity contribution in [3.05, 3.63) is 64.7 Å². The van der Waals surface area contributed by atoms with Crippen LogP contribution in [-0.2, 0) is 4.79 Å². The Morgan fingerprint density at radius 2 is 2.04 bits per heavy atom. The van der Waals surface area contributed by atoms with Crippen molar-refractivity contribution in [2.75, 3.05) is 13.1 Å². The molecule has 3 atom stereocenters. The van der Waals surface area contributed by atoms with E-state index in [4.69, 9.17) is 11.6 Å². The van der Waals surface area contributed by atoms with E-state index >= 15 is 0 Å². The van der Waals surface area contributed by atoms with E-state index in [1.165, 1.54) is 12.1 Å². The predicted octanol–water partition coefficient (Wildman–Crippen LogP) is 3.05. The molecule has 0 aliphatic carbocycles. The summed E-state index contributed by atoms with van der Waals surface area (Å²) in [6, 6.07) is 9.64. The van der Waals surface area contributed by atoms with Gasteiger partial charge >= 0.3 is 0 Å². The number of hydrogen-bond donors (Lipinski definition) is 2. The molecule has 4 nitrogen and oxygen atoms in total. The summed E-state index contributed by atoms with van der Waals surface area (Å²) in [4.78, 5) is 17.0. The summed E-state index contributed by atoms with van der Waals surface area (Å²) in [5.74, 6) is -0.492. The summed E-state index contributed by atoms with van der Waals surface area (Å²) in [5, 5.41) is 6.85. The van der Waals surface area contributed by atoms with Crippen molar-refractivity contribution in [1.29, 1.82) is 0 Å². The lowest BCUT2D eigenvalue weighted by Gasteiger charge is -2.21. The van der Waals surface area contributed by atoms with Crippen LogP contribution in [0.3, 0.4) is 0 Å². The minimum absolute atomic E-state index is 0.0164.